The van der Waals surface area contributed by atoms with Gasteiger partial charge in [0, 0.05) is 40.7 Å². The lowest BCUT2D eigenvalue weighted by molar-refractivity contribution is -0.118. The fraction of sp³-hybridized carbons (Fsp3) is 0.348. The molecule has 0 aliphatic carbocycles. The van der Waals surface area contributed by atoms with Gasteiger partial charge in [0.25, 0.3) is 0 Å². The average Bonchev–Trinajstić information content (AvgIpc) is 3.08. The van der Waals surface area contributed by atoms with Gasteiger partial charge in [-0.2, -0.15) is 0 Å². The van der Waals surface area contributed by atoms with Gasteiger partial charge in [0.15, 0.2) is 0 Å². The van der Waals surface area contributed by atoms with Crippen molar-refractivity contribution >= 4 is 16.7 Å². The van der Waals surface area contributed by atoms with Gasteiger partial charge in [0.2, 0.25) is 0 Å². The lowest BCUT2D eigenvalue weighted by atomic mass is 9.96. The van der Waals surface area contributed by atoms with E-state index in [1.807, 2.05) is 37.4 Å². The summed E-state index contributed by atoms with van der Waals surface area (Å²) in [7, 11) is 6.70. The maximum atomic E-state index is 12.1. The molecule has 6 nitrogen and oxygen atoms in total. The number of fused-ring (bicyclic) bond motifs is 1. The molecular weight excluding hydrogens is 368 g/mol. The Hall–Kier alpha value is -2.99. The van der Waals surface area contributed by atoms with Gasteiger partial charge in [-0.25, -0.2) is 0 Å². The Kier molecular flexibility index (Phi) is 6.44. The number of nitrogens with one attached hydrogen (secondary N) is 2. The Balaban J connectivity index is 2.11. The van der Waals surface area contributed by atoms with E-state index in [0.29, 0.717) is 30.1 Å². The summed E-state index contributed by atoms with van der Waals surface area (Å²) in [4.78, 5) is 15.6. The summed E-state index contributed by atoms with van der Waals surface area (Å²) in [6.45, 7) is 1.62. The van der Waals surface area contributed by atoms with Crippen LogP contribution in [0.5, 0.6) is 17.2 Å². The summed E-state index contributed by atoms with van der Waals surface area (Å²) < 4.78 is 16.6. The van der Waals surface area contributed by atoms with E-state index < -0.39 is 0 Å². The highest BCUT2D eigenvalue weighted by Gasteiger charge is 2.21. The summed E-state index contributed by atoms with van der Waals surface area (Å²) in [6, 6.07) is 11.6. The Morgan fingerprint density at radius 3 is 2.24 bits per heavy atom. The van der Waals surface area contributed by atoms with Gasteiger partial charge in [0.05, 0.1) is 27.4 Å². The maximum absolute atomic E-state index is 12.1. The molecular formula is C23H28N2O4. The molecule has 1 aromatic heterocycles. The van der Waals surface area contributed by atoms with E-state index in [2.05, 4.69) is 16.4 Å². The van der Waals surface area contributed by atoms with Gasteiger partial charge in [-0.05, 0) is 32.0 Å². The first-order valence-electron chi connectivity index (χ1n) is 9.57. The van der Waals surface area contributed by atoms with Crippen molar-refractivity contribution in [3.05, 3.63) is 53.2 Å². The van der Waals surface area contributed by atoms with E-state index in [0.717, 1.165) is 27.7 Å². The highest BCUT2D eigenvalue weighted by molar-refractivity contribution is 5.87. The molecule has 0 aliphatic heterocycles. The van der Waals surface area contributed by atoms with Crippen molar-refractivity contribution in [3.8, 4) is 17.2 Å². The van der Waals surface area contributed by atoms with Crippen molar-refractivity contribution in [2.24, 2.45) is 0 Å². The number of Topliss-reactive ketones (excluding diaryl/α,β-unsaturated/α-hetero) is 1. The quantitative estimate of drug-likeness (QED) is 0.579. The Labute approximate surface area is 171 Å². The minimum atomic E-state index is -0.243. The molecule has 1 unspecified atom stereocenters. The van der Waals surface area contributed by atoms with Gasteiger partial charge >= 0.3 is 0 Å². The third-order valence-electron chi connectivity index (χ3n) is 5.32. The molecule has 6 heteroatoms. The zero-order valence-electron chi connectivity index (χ0n) is 17.6. The van der Waals surface area contributed by atoms with E-state index in [1.165, 1.54) is 0 Å². The largest absolute Gasteiger partial charge is 0.496 e. The Bertz CT molecular complexity index is 984. The van der Waals surface area contributed by atoms with Crippen molar-refractivity contribution in [2.45, 2.75) is 25.8 Å². The Morgan fingerprint density at radius 1 is 1.03 bits per heavy atom. The van der Waals surface area contributed by atoms with Crippen molar-refractivity contribution in [3.63, 3.8) is 0 Å². The lowest BCUT2D eigenvalue weighted by Crippen LogP contribution is -2.34. The van der Waals surface area contributed by atoms with Gasteiger partial charge in [-0.3, -0.25) is 4.79 Å². The van der Waals surface area contributed by atoms with Gasteiger partial charge < -0.3 is 24.5 Å². The average molecular weight is 396 g/mol. The van der Waals surface area contributed by atoms with Crippen LogP contribution in [0.4, 0.5) is 0 Å². The zero-order valence-corrected chi connectivity index (χ0v) is 17.6. The van der Waals surface area contributed by atoms with Crippen molar-refractivity contribution in [2.75, 3.05) is 28.4 Å². The van der Waals surface area contributed by atoms with Crippen LogP contribution >= 0.6 is 0 Å². The molecule has 0 saturated carbocycles. The summed E-state index contributed by atoms with van der Waals surface area (Å²) in [5, 5.41) is 4.25. The van der Waals surface area contributed by atoms with Crippen LogP contribution in [-0.4, -0.2) is 45.2 Å². The van der Waals surface area contributed by atoms with Crippen LogP contribution in [0.1, 0.15) is 23.7 Å². The number of aromatic amines is 1. The van der Waals surface area contributed by atoms with Crippen LogP contribution in [-0.2, 0) is 17.6 Å². The van der Waals surface area contributed by atoms with Gasteiger partial charge in [-0.15, -0.1) is 0 Å². The molecule has 2 aromatic carbocycles. The number of hydrogen-bond acceptors (Lipinski definition) is 5. The fourth-order valence-corrected chi connectivity index (χ4v) is 3.72. The highest BCUT2D eigenvalue weighted by Crippen LogP contribution is 2.37. The predicted molar refractivity (Wildman–Crippen MR) is 114 cm³/mol. The number of para-hydroxylation sites is 1. The fourth-order valence-electron chi connectivity index (χ4n) is 3.72. The SMILES string of the molecule is CNC(Cc1c(Cc2c(OC)cc(OC)cc2OC)[nH]c2ccccc12)C(C)=O. The normalized spacial score (nSPS) is 12.0. The van der Waals surface area contributed by atoms with Crippen molar-refractivity contribution in [1.82, 2.24) is 10.3 Å². The van der Waals surface area contributed by atoms with Crippen LogP contribution in [0.25, 0.3) is 10.9 Å². The first-order valence-corrected chi connectivity index (χ1v) is 9.57. The monoisotopic (exact) mass is 396 g/mol. The molecule has 29 heavy (non-hydrogen) atoms. The molecule has 0 fully saturated rings. The number of ether oxygens (including phenoxy) is 3. The number of methoxy groups -OCH3 is 3. The number of rotatable bonds is 9. The van der Waals surface area contributed by atoms with E-state index in [1.54, 1.807) is 28.3 Å². The summed E-state index contributed by atoms with van der Waals surface area (Å²) in [5.74, 6) is 2.18. The molecule has 3 aromatic rings. The second-order valence-electron chi connectivity index (χ2n) is 6.97. The van der Waals surface area contributed by atoms with Crippen LogP contribution in [0.15, 0.2) is 36.4 Å². The minimum absolute atomic E-state index is 0.114. The standard InChI is InChI=1S/C23H28N2O4/c1-14(26)20(24-2)12-17-16-8-6-7-9-19(16)25-21(17)13-18-22(28-4)10-15(27-3)11-23(18)29-5/h6-11,20,24-25H,12-13H2,1-5H3. The first-order chi connectivity index (χ1) is 14.0. The highest BCUT2D eigenvalue weighted by atomic mass is 16.5. The van der Waals surface area contributed by atoms with Crippen LogP contribution in [0.2, 0.25) is 0 Å². The van der Waals surface area contributed by atoms with Gasteiger partial charge in [-0.1, -0.05) is 18.2 Å². The predicted octanol–water partition coefficient (Wildman–Crippen LogP) is 3.50. The molecule has 0 saturated heterocycles. The second kappa shape index (κ2) is 9.01. The van der Waals surface area contributed by atoms with E-state index in [-0.39, 0.29) is 11.8 Å². The molecule has 1 heterocycles. The molecule has 2 N–H and O–H groups in total. The molecule has 0 spiro atoms. The number of ketones is 1. The molecule has 0 amide bonds. The van der Waals surface area contributed by atoms with Crippen LogP contribution in [0.3, 0.4) is 0 Å². The Morgan fingerprint density at radius 2 is 1.69 bits per heavy atom. The summed E-state index contributed by atoms with van der Waals surface area (Å²) in [6.07, 6.45) is 1.18. The number of H-pyrrole nitrogens is 1. The van der Waals surface area contributed by atoms with Gasteiger partial charge in [0.1, 0.15) is 23.0 Å². The lowest BCUT2D eigenvalue weighted by Gasteiger charge is -2.17. The van der Waals surface area contributed by atoms with E-state index in [9.17, 15) is 4.79 Å². The number of carbonyl (C=O) groups is 1. The van der Waals surface area contributed by atoms with Crippen LogP contribution < -0.4 is 19.5 Å². The molecule has 154 valence electrons. The third-order valence-corrected chi connectivity index (χ3v) is 5.32. The summed E-state index contributed by atoms with van der Waals surface area (Å²) in [5.41, 5.74) is 4.12. The molecule has 3 rings (SSSR count). The first kappa shape index (κ1) is 20.7. The van der Waals surface area contributed by atoms with E-state index >= 15 is 0 Å². The number of aromatic nitrogens is 1. The number of benzene rings is 2. The molecule has 0 bridgehead atoms. The minimum Gasteiger partial charge on any atom is -0.496 e. The summed E-state index contributed by atoms with van der Waals surface area (Å²) >= 11 is 0. The van der Waals surface area contributed by atoms with E-state index in [4.69, 9.17) is 14.2 Å². The van der Waals surface area contributed by atoms with Crippen molar-refractivity contribution in [1.29, 1.82) is 0 Å². The topological polar surface area (TPSA) is 72.6 Å². The number of hydrogen-bond donors (Lipinski definition) is 2. The smallest absolute Gasteiger partial charge is 0.147 e. The second-order valence-corrected chi connectivity index (χ2v) is 6.97. The maximum Gasteiger partial charge on any atom is 0.147 e. The molecule has 0 aliphatic rings. The number of carbonyl (C=O) groups excluding carboxylic acids is 1. The zero-order chi connectivity index (χ0) is 21.0. The van der Waals surface area contributed by atoms with Crippen molar-refractivity contribution < 1.29 is 19.0 Å². The molecule has 1 atom stereocenters. The number of likely N-dealkylation sites (N-methyl/N-ethyl adjacent to an activating group) is 1. The van der Waals surface area contributed by atoms with Crippen LogP contribution in [0, 0.1) is 0 Å². The molecule has 0 radical (unpaired) electrons. The third kappa shape index (κ3) is 4.22.